The van der Waals surface area contributed by atoms with E-state index in [4.69, 9.17) is 0 Å². The molecule has 1 aromatic carbocycles. The zero-order valence-electron chi connectivity index (χ0n) is 9.54. The van der Waals surface area contributed by atoms with Crippen LogP contribution in [0.1, 0.15) is 31.2 Å². The second kappa shape index (κ2) is 4.75. The summed E-state index contributed by atoms with van der Waals surface area (Å²) in [6, 6.07) is 10.0. The van der Waals surface area contributed by atoms with Gasteiger partial charge in [-0.2, -0.15) is 5.10 Å². The number of rotatable bonds is 3. The summed E-state index contributed by atoms with van der Waals surface area (Å²) in [5.74, 6) is 1.36. The molecule has 0 aliphatic heterocycles. The van der Waals surface area contributed by atoms with Gasteiger partial charge >= 0.3 is 0 Å². The van der Waals surface area contributed by atoms with Crippen molar-refractivity contribution in [3.63, 3.8) is 0 Å². The predicted molar refractivity (Wildman–Crippen MR) is 65.8 cm³/mol. The van der Waals surface area contributed by atoms with Gasteiger partial charge in [0.15, 0.2) is 0 Å². The van der Waals surface area contributed by atoms with Crippen LogP contribution in [0.3, 0.4) is 0 Å². The van der Waals surface area contributed by atoms with Crippen molar-refractivity contribution in [2.45, 2.75) is 19.8 Å². The Balaban J connectivity index is 2.21. The molecule has 0 saturated heterocycles. The Kier molecular flexibility index (Phi) is 3.15. The Hall–Kier alpha value is -1.90. The van der Waals surface area contributed by atoms with Crippen molar-refractivity contribution in [2.75, 3.05) is 0 Å². The van der Waals surface area contributed by atoms with Crippen LogP contribution in [0.5, 0.6) is 0 Å². The van der Waals surface area contributed by atoms with Crippen molar-refractivity contribution in [1.29, 1.82) is 0 Å². The van der Waals surface area contributed by atoms with Crippen molar-refractivity contribution >= 4 is 6.21 Å². The molecule has 16 heavy (non-hydrogen) atoms. The smallest absolute Gasteiger partial charge is 0.132 e. The molecule has 82 valence electrons. The van der Waals surface area contributed by atoms with E-state index in [1.807, 2.05) is 47.4 Å². The Labute approximate surface area is 95.5 Å². The fourth-order valence-corrected chi connectivity index (χ4v) is 1.49. The number of hydrogen-bond donors (Lipinski definition) is 0. The fraction of sp³-hybridized carbons (Fsp3) is 0.231. The van der Waals surface area contributed by atoms with Crippen molar-refractivity contribution in [3.8, 4) is 0 Å². The molecule has 0 spiro atoms. The summed E-state index contributed by atoms with van der Waals surface area (Å²) in [6.07, 6.45) is 5.49. The molecule has 3 heteroatoms. The molecule has 0 amide bonds. The summed E-state index contributed by atoms with van der Waals surface area (Å²) in [5, 5.41) is 4.39. The van der Waals surface area contributed by atoms with Gasteiger partial charge in [0.25, 0.3) is 0 Å². The molecule has 2 aromatic rings. The highest BCUT2D eigenvalue weighted by Crippen LogP contribution is 2.11. The van der Waals surface area contributed by atoms with Crippen molar-refractivity contribution in [3.05, 3.63) is 54.1 Å². The van der Waals surface area contributed by atoms with Crippen LogP contribution < -0.4 is 0 Å². The SMILES string of the molecule is CC(C)c1nccn1/N=C/c1ccccc1. The molecular formula is C13H15N3. The lowest BCUT2D eigenvalue weighted by Gasteiger charge is -2.03. The quantitative estimate of drug-likeness (QED) is 0.721. The minimum Gasteiger partial charge on any atom is -0.239 e. The van der Waals surface area contributed by atoms with Crippen LogP contribution in [-0.4, -0.2) is 15.9 Å². The fourth-order valence-electron chi connectivity index (χ4n) is 1.49. The highest BCUT2D eigenvalue weighted by atomic mass is 15.4. The van der Waals surface area contributed by atoms with Crippen LogP contribution in [-0.2, 0) is 0 Å². The van der Waals surface area contributed by atoms with Gasteiger partial charge in [0, 0.05) is 18.3 Å². The van der Waals surface area contributed by atoms with Crippen LogP contribution in [0.4, 0.5) is 0 Å². The zero-order valence-corrected chi connectivity index (χ0v) is 9.54. The third-order valence-corrected chi connectivity index (χ3v) is 2.30. The molecule has 0 atom stereocenters. The largest absolute Gasteiger partial charge is 0.239 e. The van der Waals surface area contributed by atoms with Gasteiger partial charge in [0.05, 0.1) is 6.21 Å². The number of aromatic nitrogens is 2. The summed E-state index contributed by atoms with van der Waals surface area (Å²) < 4.78 is 1.82. The van der Waals surface area contributed by atoms with E-state index < -0.39 is 0 Å². The lowest BCUT2D eigenvalue weighted by molar-refractivity contribution is 0.701. The Morgan fingerprint density at radius 3 is 2.69 bits per heavy atom. The number of hydrogen-bond acceptors (Lipinski definition) is 2. The van der Waals surface area contributed by atoms with Crippen LogP contribution in [0.2, 0.25) is 0 Å². The number of imidazole rings is 1. The summed E-state index contributed by atoms with van der Waals surface area (Å²) in [4.78, 5) is 4.28. The highest BCUT2D eigenvalue weighted by molar-refractivity contribution is 5.79. The van der Waals surface area contributed by atoms with Crippen molar-refractivity contribution < 1.29 is 0 Å². The van der Waals surface area contributed by atoms with Gasteiger partial charge in [-0.05, 0) is 5.56 Å². The van der Waals surface area contributed by atoms with E-state index in [-0.39, 0.29) is 0 Å². The van der Waals surface area contributed by atoms with Crippen molar-refractivity contribution in [2.24, 2.45) is 5.10 Å². The van der Waals surface area contributed by atoms with E-state index >= 15 is 0 Å². The van der Waals surface area contributed by atoms with Gasteiger partial charge in [-0.15, -0.1) is 0 Å². The molecule has 0 saturated carbocycles. The van der Waals surface area contributed by atoms with E-state index in [1.165, 1.54) is 0 Å². The minimum atomic E-state index is 0.378. The maximum Gasteiger partial charge on any atom is 0.132 e. The van der Waals surface area contributed by atoms with Gasteiger partial charge in [0.2, 0.25) is 0 Å². The van der Waals surface area contributed by atoms with Crippen molar-refractivity contribution in [1.82, 2.24) is 9.66 Å². The second-order valence-corrected chi connectivity index (χ2v) is 3.94. The summed E-state index contributed by atoms with van der Waals surface area (Å²) in [7, 11) is 0. The van der Waals surface area contributed by atoms with E-state index in [9.17, 15) is 0 Å². The Bertz CT molecular complexity index is 469. The third kappa shape index (κ3) is 2.37. The van der Waals surface area contributed by atoms with E-state index in [1.54, 1.807) is 6.20 Å². The van der Waals surface area contributed by atoms with Gasteiger partial charge in [0.1, 0.15) is 5.82 Å². The first-order chi connectivity index (χ1) is 7.77. The monoisotopic (exact) mass is 213 g/mol. The van der Waals surface area contributed by atoms with Crippen LogP contribution >= 0.6 is 0 Å². The lowest BCUT2D eigenvalue weighted by Crippen LogP contribution is -1.99. The average molecular weight is 213 g/mol. The van der Waals surface area contributed by atoms with Crippen LogP contribution in [0.15, 0.2) is 47.8 Å². The summed E-state index contributed by atoms with van der Waals surface area (Å²) in [6.45, 7) is 4.22. The molecule has 0 bridgehead atoms. The molecule has 3 nitrogen and oxygen atoms in total. The molecule has 0 radical (unpaired) electrons. The lowest BCUT2D eigenvalue weighted by atomic mass is 10.2. The van der Waals surface area contributed by atoms with Gasteiger partial charge < -0.3 is 0 Å². The molecule has 0 unspecified atom stereocenters. The predicted octanol–water partition coefficient (Wildman–Crippen LogP) is 2.89. The molecule has 2 rings (SSSR count). The maximum atomic E-state index is 4.39. The highest BCUT2D eigenvalue weighted by Gasteiger charge is 2.04. The van der Waals surface area contributed by atoms with E-state index in [0.29, 0.717) is 5.92 Å². The molecular weight excluding hydrogens is 198 g/mol. The Morgan fingerprint density at radius 2 is 2.00 bits per heavy atom. The second-order valence-electron chi connectivity index (χ2n) is 3.94. The summed E-state index contributed by atoms with van der Waals surface area (Å²) >= 11 is 0. The topological polar surface area (TPSA) is 30.2 Å². The molecule has 0 aliphatic carbocycles. The normalized spacial score (nSPS) is 11.4. The zero-order chi connectivity index (χ0) is 11.4. The van der Waals surface area contributed by atoms with E-state index in [2.05, 4.69) is 23.9 Å². The first kappa shape index (κ1) is 10.6. The minimum absolute atomic E-state index is 0.378. The van der Waals surface area contributed by atoms with Gasteiger partial charge in [-0.1, -0.05) is 44.2 Å². The molecule has 0 aliphatic rings. The van der Waals surface area contributed by atoms with Crippen LogP contribution in [0.25, 0.3) is 0 Å². The molecule has 0 fully saturated rings. The first-order valence-corrected chi connectivity index (χ1v) is 5.40. The molecule has 0 N–H and O–H groups in total. The van der Waals surface area contributed by atoms with Gasteiger partial charge in [-0.25, -0.2) is 9.66 Å². The third-order valence-electron chi connectivity index (χ3n) is 2.30. The number of benzene rings is 1. The molecule has 1 heterocycles. The average Bonchev–Trinajstić information content (AvgIpc) is 2.76. The number of nitrogens with zero attached hydrogens (tertiary/aromatic N) is 3. The molecule has 1 aromatic heterocycles. The van der Waals surface area contributed by atoms with E-state index in [0.717, 1.165) is 11.4 Å². The van der Waals surface area contributed by atoms with Crippen LogP contribution in [0, 0.1) is 0 Å². The maximum absolute atomic E-state index is 4.39. The first-order valence-electron chi connectivity index (χ1n) is 5.40. The van der Waals surface area contributed by atoms with Gasteiger partial charge in [-0.3, -0.25) is 0 Å². The standard InChI is InChI=1S/C13H15N3/c1-11(2)13-14-8-9-16(13)15-10-12-6-4-3-5-7-12/h3-11H,1-2H3/b15-10+. The Morgan fingerprint density at radius 1 is 1.25 bits per heavy atom. The summed E-state index contributed by atoms with van der Waals surface area (Å²) in [5.41, 5.74) is 1.09.